The average molecular weight is 389 g/mol. The van der Waals surface area contributed by atoms with Gasteiger partial charge in [0.15, 0.2) is 5.58 Å². The fourth-order valence-corrected chi connectivity index (χ4v) is 3.25. The van der Waals surface area contributed by atoms with Crippen molar-refractivity contribution in [1.82, 2.24) is 14.8 Å². The number of aromatic nitrogens is 3. The summed E-state index contributed by atoms with van der Waals surface area (Å²) in [5.41, 5.74) is 3.39. The van der Waals surface area contributed by atoms with E-state index < -0.39 is 0 Å². The molecule has 0 saturated carbocycles. The number of rotatable bonds is 4. The summed E-state index contributed by atoms with van der Waals surface area (Å²) in [7, 11) is 0. The minimum Gasteiger partial charge on any atom is -0.423 e. The third kappa shape index (κ3) is 3.57. The van der Waals surface area contributed by atoms with Crippen molar-refractivity contribution in [2.75, 3.05) is 36.5 Å². The molecule has 1 saturated heterocycles. The molecule has 5 rings (SSSR count). The lowest BCUT2D eigenvalue weighted by Gasteiger charge is -2.24. The van der Waals surface area contributed by atoms with Crippen molar-refractivity contribution in [1.29, 1.82) is 0 Å². The zero-order valence-corrected chi connectivity index (χ0v) is 15.6. The van der Waals surface area contributed by atoms with Crippen molar-refractivity contribution in [3.05, 3.63) is 66.5 Å². The van der Waals surface area contributed by atoms with Gasteiger partial charge in [-0.15, -0.1) is 0 Å². The van der Waals surface area contributed by atoms with E-state index in [2.05, 4.69) is 20.3 Å². The van der Waals surface area contributed by atoms with Gasteiger partial charge in [-0.1, -0.05) is 18.2 Å². The predicted octanol–water partition coefficient (Wildman–Crippen LogP) is 3.10. The molecule has 4 aromatic rings. The van der Waals surface area contributed by atoms with E-state index in [9.17, 15) is 4.79 Å². The zero-order valence-electron chi connectivity index (χ0n) is 15.6. The molecule has 0 spiro atoms. The Morgan fingerprint density at radius 2 is 1.90 bits per heavy atom. The highest BCUT2D eigenvalue weighted by atomic mass is 16.5. The number of carbonyl (C=O) groups is 1. The first-order valence-corrected chi connectivity index (χ1v) is 9.41. The Labute approximate surface area is 166 Å². The van der Waals surface area contributed by atoms with Crippen molar-refractivity contribution in [2.24, 2.45) is 0 Å². The fraction of sp³-hybridized carbons (Fsp3) is 0.190. The third-order valence-corrected chi connectivity index (χ3v) is 4.78. The van der Waals surface area contributed by atoms with Gasteiger partial charge in [0.2, 0.25) is 0 Å². The summed E-state index contributed by atoms with van der Waals surface area (Å²) >= 11 is 0. The molecule has 1 N–H and O–H groups in total. The van der Waals surface area contributed by atoms with Gasteiger partial charge >= 0.3 is 0 Å². The molecular weight excluding hydrogens is 370 g/mol. The number of amides is 1. The number of oxazole rings is 1. The first-order chi connectivity index (χ1) is 14.3. The Kier molecular flexibility index (Phi) is 4.45. The SMILES string of the molecule is O=C(Nc1ccc2nc(N3CCOCC3)oc2c1)c1cnn(-c2ccccc2)c1. The number of fused-ring (bicyclic) bond motifs is 1. The molecule has 1 aliphatic heterocycles. The largest absolute Gasteiger partial charge is 0.423 e. The van der Waals surface area contributed by atoms with Crippen molar-refractivity contribution < 1.29 is 13.9 Å². The maximum Gasteiger partial charge on any atom is 0.298 e. The van der Waals surface area contributed by atoms with Gasteiger partial charge in [0.1, 0.15) is 5.52 Å². The summed E-state index contributed by atoms with van der Waals surface area (Å²) in [4.78, 5) is 19.2. The van der Waals surface area contributed by atoms with E-state index in [4.69, 9.17) is 9.15 Å². The minimum atomic E-state index is -0.237. The summed E-state index contributed by atoms with van der Waals surface area (Å²) < 4.78 is 12.9. The number of carbonyl (C=O) groups excluding carboxylic acids is 1. The topological polar surface area (TPSA) is 85.4 Å². The summed E-state index contributed by atoms with van der Waals surface area (Å²) in [6.45, 7) is 2.83. The highest BCUT2D eigenvalue weighted by Crippen LogP contribution is 2.25. The first-order valence-electron chi connectivity index (χ1n) is 9.41. The molecule has 8 nitrogen and oxygen atoms in total. The summed E-state index contributed by atoms with van der Waals surface area (Å²) in [6, 6.07) is 15.7. The number of hydrogen-bond acceptors (Lipinski definition) is 6. The van der Waals surface area contributed by atoms with Crippen molar-refractivity contribution >= 4 is 28.7 Å². The molecule has 0 atom stereocenters. The number of ether oxygens (including phenoxy) is 1. The number of anilines is 2. The van der Waals surface area contributed by atoms with Gasteiger partial charge in [-0.05, 0) is 24.3 Å². The Morgan fingerprint density at radius 3 is 2.72 bits per heavy atom. The van der Waals surface area contributed by atoms with Crippen molar-refractivity contribution in [2.45, 2.75) is 0 Å². The smallest absolute Gasteiger partial charge is 0.298 e. The van der Waals surface area contributed by atoms with Crippen molar-refractivity contribution in [3.8, 4) is 5.69 Å². The highest BCUT2D eigenvalue weighted by Gasteiger charge is 2.17. The number of benzene rings is 2. The van der Waals surface area contributed by atoms with Gasteiger partial charge in [-0.2, -0.15) is 10.1 Å². The van der Waals surface area contributed by atoms with E-state index in [1.165, 1.54) is 0 Å². The van der Waals surface area contributed by atoms with Gasteiger partial charge < -0.3 is 19.4 Å². The third-order valence-electron chi connectivity index (χ3n) is 4.78. The van der Waals surface area contributed by atoms with Crippen LogP contribution in [-0.2, 0) is 4.74 Å². The molecule has 29 heavy (non-hydrogen) atoms. The number of nitrogens with one attached hydrogen (secondary N) is 1. The standard InChI is InChI=1S/C21H19N5O3/c27-20(15-13-22-26(14-15)17-4-2-1-3-5-17)23-16-6-7-18-19(12-16)29-21(24-18)25-8-10-28-11-9-25/h1-7,12-14H,8-11H2,(H,23,27). The Morgan fingerprint density at radius 1 is 1.07 bits per heavy atom. The lowest BCUT2D eigenvalue weighted by atomic mass is 10.2. The molecule has 1 fully saturated rings. The maximum atomic E-state index is 12.6. The zero-order chi connectivity index (χ0) is 19.6. The van der Waals surface area contributed by atoms with Crippen LogP contribution in [0, 0.1) is 0 Å². The molecule has 1 amide bonds. The van der Waals surface area contributed by atoms with Crippen LogP contribution in [0.5, 0.6) is 0 Å². The molecular formula is C21H19N5O3. The van der Waals surface area contributed by atoms with E-state index >= 15 is 0 Å². The van der Waals surface area contributed by atoms with E-state index in [1.54, 1.807) is 23.1 Å². The van der Waals surface area contributed by atoms with Gasteiger partial charge in [0.05, 0.1) is 30.7 Å². The summed E-state index contributed by atoms with van der Waals surface area (Å²) in [6.07, 6.45) is 3.25. The summed E-state index contributed by atoms with van der Waals surface area (Å²) in [5.74, 6) is -0.237. The van der Waals surface area contributed by atoms with Crippen LogP contribution in [0.4, 0.5) is 11.7 Å². The van der Waals surface area contributed by atoms with Crippen LogP contribution in [-0.4, -0.2) is 47.0 Å². The molecule has 146 valence electrons. The van der Waals surface area contributed by atoms with E-state index in [0.717, 1.165) is 24.3 Å². The maximum absolute atomic E-state index is 12.6. The van der Waals surface area contributed by atoms with E-state index in [1.807, 2.05) is 42.5 Å². The highest BCUT2D eigenvalue weighted by molar-refractivity contribution is 6.04. The van der Waals surface area contributed by atoms with Gasteiger partial charge in [-0.3, -0.25) is 4.79 Å². The fourth-order valence-electron chi connectivity index (χ4n) is 3.25. The van der Waals surface area contributed by atoms with E-state index in [-0.39, 0.29) is 5.91 Å². The molecule has 0 aliphatic carbocycles. The monoisotopic (exact) mass is 389 g/mol. The van der Waals surface area contributed by atoms with Crippen LogP contribution in [0.3, 0.4) is 0 Å². The Balaban J connectivity index is 1.33. The lowest BCUT2D eigenvalue weighted by Crippen LogP contribution is -2.36. The van der Waals surface area contributed by atoms with E-state index in [0.29, 0.717) is 36.1 Å². The molecule has 1 aliphatic rings. The molecule has 0 unspecified atom stereocenters. The van der Waals surface area contributed by atoms with Crippen molar-refractivity contribution in [3.63, 3.8) is 0 Å². The number of hydrogen-bond donors (Lipinski definition) is 1. The number of para-hydroxylation sites is 1. The molecule has 2 aromatic carbocycles. The van der Waals surface area contributed by atoms with Gasteiger partial charge in [0, 0.05) is 31.0 Å². The second kappa shape index (κ2) is 7.40. The van der Waals surface area contributed by atoms with Crippen LogP contribution in [0.25, 0.3) is 16.8 Å². The second-order valence-electron chi connectivity index (χ2n) is 6.74. The number of nitrogens with zero attached hydrogens (tertiary/aromatic N) is 4. The molecule has 0 bridgehead atoms. The Bertz CT molecular complexity index is 1150. The molecule has 0 radical (unpaired) electrons. The summed E-state index contributed by atoms with van der Waals surface area (Å²) in [5, 5.41) is 7.16. The van der Waals surface area contributed by atoms with Crippen LogP contribution >= 0.6 is 0 Å². The molecule has 8 heteroatoms. The lowest BCUT2D eigenvalue weighted by molar-refractivity contribution is 0.102. The minimum absolute atomic E-state index is 0.237. The van der Waals surface area contributed by atoms with Crippen LogP contribution in [0.15, 0.2) is 65.3 Å². The Hall–Kier alpha value is -3.65. The molecule has 3 heterocycles. The van der Waals surface area contributed by atoms with Gasteiger partial charge in [-0.25, -0.2) is 4.68 Å². The predicted molar refractivity (Wildman–Crippen MR) is 109 cm³/mol. The average Bonchev–Trinajstić information content (AvgIpc) is 3.42. The second-order valence-corrected chi connectivity index (χ2v) is 6.74. The normalized spacial score (nSPS) is 14.3. The van der Waals surface area contributed by atoms with Gasteiger partial charge in [0.25, 0.3) is 11.9 Å². The molecule has 2 aromatic heterocycles. The van der Waals surface area contributed by atoms with Crippen LogP contribution in [0.1, 0.15) is 10.4 Å². The van der Waals surface area contributed by atoms with Crippen LogP contribution in [0.2, 0.25) is 0 Å². The quantitative estimate of drug-likeness (QED) is 0.577. The number of morpholine rings is 1. The first kappa shape index (κ1) is 17.4. The van der Waals surface area contributed by atoms with Crippen LogP contribution < -0.4 is 10.2 Å².